The molecule has 2 unspecified atom stereocenters. The Morgan fingerprint density at radius 2 is 1.00 bits per heavy atom. The average Bonchev–Trinajstić information content (AvgIpc) is 2.59. The largest absolute Gasteiger partial charge is 0.399 e. The Morgan fingerprint density at radius 3 is 1.26 bits per heavy atom. The van der Waals surface area contributed by atoms with E-state index in [-0.39, 0.29) is 0 Å². The van der Waals surface area contributed by atoms with Gasteiger partial charge in [0.1, 0.15) is 0 Å². The molecule has 0 aliphatic heterocycles. The van der Waals surface area contributed by atoms with Crippen LogP contribution in [0.15, 0.2) is 48.5 Å². The summed E-state index contributed by atoms with van der Waals surface area (Å²) in [7, 11) is 3.97. The maximum atomic E-state index is 13.8. The van der Waals surface area contributed by atoms with E-state index in [9.17, 15) is 8.42 Å². The quantitative estimate of drug-likeness (QED) is 0.671. The predicted molar refractivity (Wildman–Crippen MR) is 113 cm³/mol. The standard InChI is InChI=1S/C20H30N4O2S/c1-23(2)13-19(15-5-9-17(21)10-6-15)27(25,26)20(14-24(3)4)16-7-11-18(22)12-8-16/h5-12,19-20H,13-14,21-22H2,1-4H3. The van der Waals surface area contributed by atoms with Crippen molar-refractivity contribution in [2.75, 3.05) is 52.7 Å². The third kappa shape index (κ3) is 5.45. The van der Waals surface area contributed by atoms with E-state index < -0.39 is 20.3 Å². The van der Waals surface area contributed by atoms with E-state index in [0.717, 1.165) is 11.1 Å². The SMILES string of the molecule is CN(C)CC(c1ccc(N)cc1)S(=O)(=O)C(CN(C)C)c1ccc(N)cc1. The third-order valence-corrected chi connectivity index (χ3v) is 6.90. The van der Waals surface area contributed by atoms with Gasteiger partial charge in [-0.2, -0.15) is 0 Å². The Kier molecular flexibility index (Phi) is 6.86. The fraction of sp³-hybridized carbons (Fsp3) is 0.400. The Labute approximate surface area is 162 Å². The molecule has 148 valence electrons. The van der Waals surface area contributed by atoms with Crippen LogP contribution in [0.5, 0.6) is 0 Å². The molecule has 0 spiro atoms. The fourth-order valence-electron chi connectivity index (χ4n) is 3.08. The fourth-order valence-corrected chi connectivity index (χ4v) is 5.56. The molecule has 0 radical (unpaired) electrons. The molecule has 27 heavy (non-hydrogen) atoms. The summed E-state index contributed by atoms with van der Waals surface area (Å²) in [5.41, 5.74) is 14.3. The maximum Gasteiger partial charge on any atom is 0.166 e. The molecule has 2 atom stereocenters. The van der Waals surface area contributed by atoms with Crippen LogP contribution in [-0.2, 0) is 9.84 Å². The summed E-state index contributed by atoms with van der Waals surface area (Å²) < 4.78 is 27.5. The molecule has 0 aliphatic rings. The first-order valence-corrected chi connectivity index (χ1v) is 10.4. The van der Waals surface area contributed by atoms with Gasteiger partial charge in [0.2, 0.25) is 0 Å². The van der Waals surface area contributed by atoms with Crippen molar-refractivity contribution in [3.05, 3.63) is 59.7 Å². The van der Waals surface area contributed by atoms with Gasteiger partial charge in [-0.3, -0.25) is 0 Å². The highest BCUT2D eigenvalue weighted by Gasteiger charge is 2.36. The number of anilines is 2. The number of benzene rings is 2. The maximum absolute atomic E-state index is 13.8. The van der Waals surface area contributed by atoms with E-state index in [1.165, 1.54) is 0 Å². The summed E-state index contributed by atoms with van der Waals surface area (Å²) >= 11 is 0. The highest BCUT2D eigenvalue weighted by Crippen LogP contribution is 2.35. The summed E-state index contributed by atoms with van der Waals surface area (Å²) in [4.78, 5) is 3.79. The van der Waals surface area contributed by atoms with Gasteiger partial charge >= 0.3 is 0 Å². The third-order valence-electron chi connectivity index (χ3n) is 4.47. The van der Waals surface area contributed by atoms with Crippen LogP contribution in [0.4, 0.5) is 11.4 Å². The summed E-state index contributed by atoms with van der Waals surface area (Å²) in [5.74, 6) is 0. The molecular weight excluding hydrogens is 360 g/mol. The molecule has 2 aromatic rings. The second kappa shape index (κ2) is 8.73. The first-order chi connectivity index (χ1) is 12.6. The van der Waals surface area contributed by atoms with Crippen LogP contribution in [0.1, 0.15) is 21.6 Å². The second-order valence-corrected chi connectivity index (χ2v) is 9.74. The van der Waals surface area contributed by atoms with Crippen molar-refractivity contribution in [3.8, 4) is 0 Å². The minimum absolute atomic E-state index is 0.394. The number of hydrogen-bond acceptors (Lipinski definition) is 6. The van der Waals surface area contributed by atoms with Crippen molar-refractivity contribution in [1.82, 2.24) is 9.80 Å². The molecule has 0 saturated heterocycles. The van der Waals surface area contributed by atoms with E-state index in [1.807, 2.05) is 38.0 Å². The smallest absolute Gasteiger partial charge is 0.166 e. The van der Waals surface area contributed by atoms with Crippen LogP contribution in [0.2, 0.25) is 0 Å². The molecule has 0 heterocycles. The number of nitrogens with two attached hydrogens (primary N) is 2. The van der Waals surface area contributed by atoms with Gasteiger partial charge in [0, 0.05) is 24.5 Å². The van der Waals surface area contributed by atoms with Gasteiger partial charge in [0.25, 0.3) is 0 Å². The Morgan fingerprint density at radius 1 is 0.704 bits per heavy atom. The van der Waals surface area contributed by atoms with Gasteiger partial charge in [0.15, 0.2) is 9.84 Å². The lowest BCUT2D eigenvalue weighted by atomic mass is 10.1. The van der Waals surface area contributed by atoms with Crippen LogP contribution in [-0.4, -0.2) is 59.5 Å². The molecule has 6 nitrogen and oxygen atoms in total. The van der Waals surface area contributed by atoms with E-state index >= 15 is 0 Å². The Bertz CT molecular complexity index is 766. The van der Waals surface area contributed by atoms with Crippen LogP contribution in [0, 0.1) is 0 Å². The van der Waals surface area contributed by atoms with E-state index in [1.54, 1.807) is 48.5 Å². The zero-order chi connectivity index (χ0) is 20.2. The van der Waals surface area contributed by atoms with Crippen molar-refractivity contribution in [2.24, 2.45) is 0 Å². The Hall–Kier alpha value is -2.09. The first kappa shape index (κ1) is 21.2. The number of hydrogen-bond donors (Lipinski definition) is 2. The summed E-state index contributed by atoms with van der Waals surface area (Å²) in [5, 5.41) is -1.31. The average molecular weight is 391 g/mol. The normalized spacial score (nSPS) is 14.4. The van der Waals surface area contributed by atoms with E-state index in [2.05, 4.69) is 0 Å². The van der Waals surface area contributed by atoms with Crippen molar-refractivity contribution in [1.29, 1.82) is 0 Å². The molecule has 4 N–H and O–H groups in total. The van der Waals surface area contributed by atoms with E-state index in [4.69, 9.17) is 11.5 Å². The van der Waals surface area contributed by atoms with Crippen LogP contribution < -0.4 is 11.5 Å². The minimum Gasteiger partial charge on any atom is -0.399 e. The topological polar surface area (TPSA) is 92.7 Å². The van der Waals surface area contributed by atoms with Gasteiger partial charge < -0.3 is 21.3 Å². The van der Waals surface area contributed by atoms with Gasteiger partial charge in [-0.25, -0.2) is 8.42 Å². The number of nitrogens with zero attached hydrogens (tertiary/aromatic N) is 2. The molecule has 0 fully saturated rings. The van der Waals surface area contributed by atoms with E-state index in [0.29, 0.717) is 24.5 Å². The van der Waals surface area contributed by atoms with Gasteiger partial charge in [-0.15, -0.1) is 0 Å². The molecule has 0 saturated carbocycles. The van der Waals surface area contributed by atoms with Crippen molar-refractivity contribution < 1.29 is 8.42 Å². The molecule has 0 bridgehead atoms. The summed E-state index contributed by atoms with van der Waals surface area (Å²) in [6.45, 7) is 0.788. The number of nitrogen functional groups attached to an aromatic ring is 2. The molecule has 7 heteroatoms. The summed E-state index contributed by atoms with van der Waals surface area (Å²) in [6, 6.07) is 14.2. The van der Waals surface area contributed by atoms with Crippen molar-refractivity contribution in [3.63, 3.8) is 0 Å². The van der Waals surface area contributed by atoms with Gasteiger partial charge in [-0.1, -0.05) is 24.3 Å². The van der Waals surface area contributed by atoms with Crippen LogP contribution >= 0.6 is 0 Å². The number of likely N-dealkylation sites (N-methyl/N-ethyl adjacent to an activating group) is 2. The Balaban J connectivity index is 2.53. The molecule has 2 rings (SSSR count). The van der Waals surface area contributed by atoms with Gasteiger partial charge in [-0.05, 0) is 63.6 Å². The first-order valence-electron chi connectivity index (χ1n) is 8.84. The number of rotatable bonds is 8. The molecular formula is C20H30N4O2S. The lowest BCUT2D eigenvalue weighted by molar-refractivity contribution is 0.385. The minimum atomic E-state index is -3.55. The lowest BCUT2D eigenvalue weighted by Crippen LogP contribution is -2.34. The lowest BCUT2D eigenvalue weighted by Gasteiger charge is -2.29. The zero-order valence-corrected chi connectivity index (χ0v) is 17.3. The van der Waals surface area contributed by atoms with Gasteiger partial charge in [0.05, 0.1) is 10.5 Å². The number of sulfone groups is 1. The highest BCUT2D eigenvalue weighted by molar-refractivity contribution is 7.92. The van der Waals surface area contributed by atoms with Crippen LogP contribution in [0.3, 0.4) is 0 Å². The van der Waals surface area contributed by atoms with Crippen molar-refractivity contribution >= 4 is 21.2 Å². The van der Waals surface area contributed by atoms with Crippen molar-refractivity contribution in [2.45, 2.75) is 10.5 Å². The summed E-state index contributed by atoms with van der Waals surface area (Å²) in [6.07, 6.45) is 0. The molecule has 0 aromatic heterocycles. The zero-order valence-electron chi connectivity index (χ0n) is 16.5. The molecule has 2 aromatic carbocycles. The monoisotopic (exact) mass is 390 g/mol. The van der Waals surface area contributed by atoms with Crippen LogP contribution in [0.25, 0.3) is 0 Å². The predicted octanol–water partition coefficient (Wildman–Crippen LogP) is 2.17. The molecule has 0 amide bonds. The second-order valence-electron chi connectivity index (χ2n) is 7.42. The molecule has 0 aliphatic carbocycles. The highest BCUT2D eigenvalue weighted by atomic mass is 32.2.